The molecule has 0 N–H and O–H groups in total. The van der Waals surface area contributed by atoms with Crippen molar-refractivity contribution in [1.29, 1.82) is 0 Å². The van der Waals surface area contributed by atoms with E-state index in [0.717, 1.165) is 22.3 Å². The fraction of sp³-hybridized carbons (Fsp3) is 0.182. The van der Waals surface area contributed by atoms with Crippen LogP contribution in [0.25, 0.3) is 10.9 Å². The molecule has 1 aromatic heterocycles. The first-order chi connectivity index (χ1) is 6.68. The van der Waals surface area contributed by atoms with Crippen LogP contribution in [0.5, 0.6) is 0 Å². The van der Waals surface area contributed by atoms with Crippen molar-refractivity contribution in [3.63, 3.8) is 0 Å². The normalized spacial score (nSPS) is 10.4. The van der Waals surface area contributed by atoms with Gasteiger partial charge in [-0.3, -0.25) is 4.98 Å². The van der Waals surface area contributed by atoms with E-state index in [1.807, 2.05) is 38.1 Å². The minimum absolute atomic E-state index is 0.578. The highest BCUT2D eigenvalue weighted by Crippen LogP contribution is 2.13. The number of hydrogen-bond acceptors (Lipinski definition) is 3. The standard InChI is InChI=1S/C11H10N2S/c1-7-9-5-3-4-6-10(9)13-11(14)8(2)12-7/h3-6H,1-2H3. The van der Waals surface area contributed by atoms with Crippen molar-refractivity contribution in [1.82, 2.24) is 9.97 Å². The highest BCUT2D eigenvalue weighted by molar-refractivity contribution is 7.71. The Bertz CT molecular complexity index is 549. The third-order valence-corrected chi connectivity index (χ3v) is 2.55. The molecule has 14 heavy (non-hydrogen) atoms. The zero-order chi connectivity index (χ0) is 10.1. The Morgan fingerprint density at radius 1 is 1.00 bits per heavy atom. The van der Waals surface area contributed by atoms with Crippen LogP contribution in [0, 0.1) is 18.5 Å². The summed E-state index contributed by atoms with van der Waals surface area (Å²) in [5.74, 6) is 0. The second kappa shape index (κ2) is 3.42. The molecule has 0 spiro atoms. The van der Waals surface area contributed by atoms with E-state index in [1.165, 1.54) is 0 Å². The number of nitrogens with zero attached hydrogens (tertiary/aromatic N) is 2. The third kappa shape index (κ3) is 1.51. The van der Waals surface area contributed by atoms with E-state index in [-0.39, 0.29) is 0 Å². The first-order valence-electron chi connectivity index (χ1n) is 4.43. The van der Waals surface area contributed by atoms with Gasteiger partial charge in [-0.15, -0.1) is 0 Å². The van der Waals surface area contributed by atoms with Gasteiger partial charge in [-0.25, -0.2) is 4.98 Å². The van der Waals surface area contributed by atoms with Gasteiger partial charge in [-0.05, 0) is 19.9 Å². The van der Waals surface area contributed by atoms with Crippen molar-refractivity contribution < 1.29 is 0 Å². The first kappa shape index (κ1) is 9.21. The summed E-state index contributed by atoms with van der Waals surface area (Å²) in [6.45, 7) is 3.87. The number of aromatic nitrogens is 2. The first-order valence-corrected chi connectivity index (χ1v) is 4.83. The van der Waals surface area contributed by atoms with Gasteiger partial charge in [0, 0.05) is 11.1 Å². The number of para-hydroxylation sites is 1. The topological polar surface area (TPSA) is 25.8 Å². The van der Waals surface area contributed by atoms with E-state index in [1.54, 1.807) is 0 Å². The number of benzene rings is 1. The molecule has 0 radical (unpaired) electrons. The predicted molar refractivity (Wildman–Crippen MR) is 59.8 cm³/mol. The maximum atomic E-state index is 5.13. The maximum Gasteiger partial charge on any atom is 0.148 e. The van der Waals surface area contributed by atoms with E-state index < -0.39 is 0 Å². The van der Waals surface area contributed by atoms with Gasteiger partial charge >= 0.3 is 0 Å². The fourth-order valence-electron chi connectivity index (χ4n) is 1.43. The van der Waals surface area contributed by atoms with E-state index in [9.17, 15) is 0 Å². The molecule has 0 amide bonds. The molecule has 2 aromatic rings. The summed E-state index contributed by atoms with van der Waals surface area (Å²) in [6.07, 6.45) is 0. The Labute approximate surface area is 87.7 Å². The van der Waals surface area contributed by atoms with Crippen molar-refractivity contribution in [3.8, 4) is 0 Å². The summed E-state index contributed by atoms with van der Waals surface area (Å²) in [6, 6.07) is 7.91. The lowest BCUT2D eigenvalue weighted by molar-refractivity contribution is 1.13. The number of aryl methyl sites for hydroxylation is 2. The van der Waals surface area contributed by atoms with Gasteiger partial charge in [0.1, 0.15) is 4.64 Å². The molecule has 1 heterocycles. The molecule has 2 nitrogen and oxygen atoms in total. The second-order valence-electron chi connectivity index (χ2n) is 3.22. The van der Waals surface area contributed by atoms with E-state index in [4.69, 9.17) is 12.2 Å². The van der Waals surface area contributed by atoms with Crippen LogP contribution in [-0.4, -0.2) is 9.97 Å². The summed E-state index contributed by atoms with van der Waals surface area (Å²) < 4.78 is 0.578. The van der Waals surface area contributed by atoms with Crippen LogP contribution in [0.15, 0.2) is 24.3 Å². The molecule has 2 rings (SSSR count). The van der Waals surface area contributed by atoms with Crippen molar-refractivity contribution in [2.45, 2.75) is 13.8 Å². The molecule has 0 fully saturated rings. The smallest absolute Gasteiger partial charge is 0.148 e. The molecule has 0 aliphatic heterocycles. The lowest BCUT2D eigenvalue weighted by atomic mass is 10.2. The Morgan fingerprint density at radius 2 is 1.71 bits per heavy atom. The number of fused-ring (bicyclic) bond motifs is 1. The molecule has 3 heteroatoms. The number of rotatable bonds is 0. The van der Waals surface area contributed by atoms with Gasteiger partial charge in [0.25, 0.3) is 0 Å². The largest absolute Gasteiger partial charge is 0.255 e. The maximum absolute atomic E-state index is 5.13. The van der Waals surface area contributed by atoms with Crippen molar-refractivity contribution in [2.75, 3.05) is 0 Å². The van der Waals surface area contributed by atoms with Gasteiger partial charge in [0.05, 0.1) is 11.2 Å². The number of hydrogen-bond donors (Lipinski definition) is 0. The van der Waals surface area contributed by atoms with Gasteiger partial charge in [0.2, 0.25) is 0 Å². The predicted octanol–water partition coefficient (Wildman–Crippen LogP) is 2.98. The van der Waals surface area contributed by atoms with Crippen LogP contribution in [0.1, 0.15) is 11.4 Å². The molecule has 0 saturated heterocycles. The molecular formula is C11H10N2S. The minimum atomic E-state index is 0.578. The lowest BCUT2D eigenvalue weighted by Gasteiger charge is -1.91. The summed E-state index contributed by atoms with van der Waals surface area (Å²) in [5.41, 5.74) is 2.70. The van der Waals surface area contributed by atoms with Crippen molar-refractivity contribution in [2.24, 2.45) is 0 Å². The lowest BCUT2D eigenvalue weighted by Crippen LogP contribution is -1.79. The van der Waals surface area contributed by atoms with E-state index >= 15 is 0 Å². The van der Waals surface area contributed by atoms with E-state index in [2.05, 4.69) is 9.97 Å². The average Bonchev–Trinajstić information content (AvgIpc) is 2.27. The molecular weight excluding hydrogens is 192 g/mol. The Kier molecular flexibility index (Phi) is 2.25. The Hall–Kier alpha value is -1.35. The zero-order valence-corrected chi connectivity index (χ0v) is 8.93. The minimum Gasteiger partial charge on any atom is -0.255 e. The molecule has 0 bridgehead atoms. The van der Waals surface area contributed by atoms with E-state index in [0.29, 0.717) is 4.64 Å². The summed E-state index contributed by atoms with van der Waals surface area (Å²) >= 11 is 5.13. The van der Waals surface area contributed by atoms with Crippen molar-refractivity contribution in [3.05, 3.63) is 40.3 Å². The highest BCUT2D eigenvalue weighted by atomic mass is 32.1. The van der Waals surface area contributed by atoms with Crippen LogP contribution in [0.4, 0.5) is 0 Å². The molecule has 0 unspecified atom stereocenters. The molecule has 0 aliphatic carbocycles. The SMILES string of the molecule is Cc1nc(C)c2ccccc2nc1=S. The van der Waals surface area contributed by atoms with Crippen LogP contribution >= 0.6 is 12.2 Å². The van der Waals surface area contributed by atoms with Gasteiger partial charge in [-0.2, -0.15) is 0 Å². The Balaban J connectivity index is 3.05. The fourth-order valence-corrected chi connectivity index (χ4v) is 1.57. The second-order valence-corrected chi connectivity index (χ2v) is 3.60. The zero-order valence-electron chi connectivity index (χ0n) is 8.11. The average molecular weight is 202 g/mol. The summed E-state index contributed by atoms with van der Waals surface area (Å²) in [5, 5.41) is 1.06. The van der Waals surface area contributed by atoms with Crippen molar-refractivity contribution >= 4 is 23.1 Å². The summed E-state index contributed by atoms with van der Waals surface area (Å²) in [7, 11) is 0. The van der Waals surface area contributed by atoms with Crippen LogP contribution in [0.3, 0.4) is 0 Å². The highest BCUT2D eigenvalue weighted by Gasteiger charge is 1.98. The van der Waals surface area contributed by atoms with Gasteiger partial charge < -0.3 is 0 Å². The summed E-state index contributed by atoms with van der Waals surface area (Å²) in [4.78, 5) is 8.75. The molecule has 0 atom stereocenters. The monoisotopic (exact) mass is 202 g/mol. The molecule has 70 valence electrons. The van der Waals surface area contributed by atoms with Crippen LogP contribution in [0.2, 0.25) is 0 Å². The molecule has 0 saturated carbocycles. The van der Waals surface area contributed by atoms with Crippen LogP contribution in [-0.2, 0) is 0 Å². The van der Waals surface area contributed by atoms with Gasteiger partial charge in [-0.1, -0.05) is 30.4 Å². The third-order valence-electron chi connectivity index (χ3n) is 2.16. The van der Waals surface area contributed by atoms with Gasteiger partial charge in [0.15, 0.2) is 0 Å². The molecule has 1 aromatic carbocycles. The quantitative estimate of drug-likeness (QED) is 0.614. The molecule has 0 aliphatic rings. The Morgan fingerprint density at radius 3 is 2.50 bits per heavy atom. The van der Waals surface area contributed by atoms with Crippen LogP contribution < -0.4 is 0 Å².